The van der Waals surface area contributed by atoms with Crippen LogP contribution in [0.3, 0.4) is 0 Å². The van der Waals surface area contributed by atoms with Gasteiger partial charge in [-0.2, -0.15) is 0 Å². The molecule has 0 saturated carbocycles. The number of thiocarbonyl (C=S) groups is 2. The minimum atomic E-state index is -0.469. The van der Waals surface area contributed by atoms with Gasteiger partial charge in [0.05, 0.1) is 4.92 Å². The highest BCUT2D eigenvalue weighted by Gasteiger charge is 2.05. The Morgan fingerprint density at radius 3 is 1.71 bits per heavy atom. The first-order valence-corrected chi connectivity index (χ1v) is 7.77. The lowest BCUT2D eigenvalue weighted by Gasteiger charge is -2.14. The molecule has 24 heavy (non-hydrogen) atoms. The Hall–Kier alpha value is -2.49. The van der Waals surface area contributed by atoms with Crippen LogP contribution in [0.15, 0.2) is 48.5 Å². The van der Waals surface area contributed by atoms with Crippen LogP contribution in [0, 0.1) is 10.1 Å². The van der Waals surface area contributed by atoms with Gasteiger partial charge in [0.1, 0.15) is 0 Å². The number of benzene rings is 2. The average Bonchev–Trinajstić information content (AvgIpc) is 2.55. The summed E-state index contributed by atoms with van der Waals surface area (Å²) in [6, 6.07) is 12.9. The fourth-order valence-corrected chi connectivity index (χ4v) is 2.10. The van der Waals surface area contributed by atoms with Crippen LogP contribution in [0.4, 0.5) is 17.1 Å². The van der Waals surface area contributed by atoms with E-state index in [9.17, 15) is 10.1 Å². The molecule has 0 bridgehead atoms. The first kappa shape index (κ1) is 17.9. The third-order valence-corrected chi connectivity index (χ3v) is 3.39. The maximum atomic E-state index is 10.6. The predicted octanol–water partition coefficient (Wildman–Crippen LogP) is 3.44. The number of halogens is 1. The molecular weight excluding hydrogens is 370 g/mol. The summed E-state index contributed by atoms with van der Waals surface area (Å²) in [5.74, 6) is 0. The summed E-state index contributed by atoms with van der Waals surface area (Å²) in [5, 5.41) is 17.6. The SMILES string of the molecule is O=[N+]([O-])c1ccc(NC(=S)NNC(=S)Nc2ccc(Cl)cc2)cc1. The van der Waals surface area contributed by atoms with Crippen molar-refractivity contribution in [1.29, 1.82) is 0 Å². The summed E-state index contributed by atoms with van der Waals surface area (Å²) in [7, 11) is 0. The molecule has 0 spiro atoms. The van der Waals surface area contributed by atoms with Gasteiger partial charge in [-0.3, -0.25) is 21.0 Å². The molecule has 2 aromatic rings. The van der Waals surface area contributed by atoms with Gasteiger partial charge in [-0.05, 0) is 60.8 Å². The monoisotopic (exact) mass is 381 g/mol. The molecule has 0 amide bonds. The lowest BCUT2D eigenvalue weighted by atomic mass is 10.3. The standard InChI is InChI=1S/C14H12ClN5O2S2/c15-9-1-3-10(4-2-9)16-13(23)18-19-14(24)17-11-5-7-12(8-6-11)20(21)22/h1-8H,(H2,16,18,23)(H2,17,19,24). The number of nitro groups is 1. The number of nitrogens with zero attached hydrogens (tertiary/aromatic N) is 1. The van der Waals surface area contributed by atoms with E-state index in [1.54, 1.807) is 36.4 Å². The van der Waals surface area contributed by atoms with Gasteiger partial charge in [0, 0.05) is 28.5 Å². The normalized spacial score (nSPS) is 9.71. The third-order valence-electron chi connectivity index (χ3n) is 2.73. The predicted molar refractivity (Wildman–Crippen MR) is 103 cm³/mol. The van der Waals surface area contributed by atoms with E-state index in [1.165, 1.54) is 12.1 Å². The van der Waals surface area contributed by atoms with E-state index in [0.717, 1.165) is 5.69 Å². The summed E-state index contributed by atoms with van der Waals surface area (Å²) in [5.41, 5.74) is 6.81. The van der Waals surface area contributed by atoms with Gasteiger partial charge >= 0.3 is 0 Å². The molecule has 2 aromatic carbocycles. The first-order valence-electron chi connectivity index (χ1n) is 6.58. The highest BCUT2D eigenvalue weighted by Crippen LogP contribution is 2.15. The Morgan fingerprint density at radius 2 is 1.29 bits per heavy atom. The van der Waals surface area contributed by atoms with Crippen molar-refractivity contribution in [2.75, 3.05) is 10.6 Å². The zero-order valence-electron chi connectivity index (χ0n) is 12.1. The van der Waals surface area contributed by atoms with Crippen LogP contribution in [0.25, 0.3) is 0 Å². The fourth-order valence-electron chi connectivity index (χ4n) is 1.64. The zero-order valence-corrected chi connectivity index (χ0v) is 14.5. The van der Waals surface area contributed by atoms with Crippen molar-refractivity contribution in [2.45, 2.75) is 0 Å². The van der Waals surface area contributed by atoms with Crippen LogP contribution in [0.1, 0.15) is 0 Å². The van der Waals surface area contributed by atoms with Crippen LogP contribution < -0.4 is 21.5 Å². The van der Waals surface area contributed by atoms with E-state index in [1.807, 2.05) is 0 Å². The zero-order chi connectivity index (χ0) is 17.5. The minimum Gasteiger partial charge on any atom is -0.331 e. The molecule has 0 radical (unpaired) electrons. The van der Waals surface area contributed by atoms with E-state index in [4.69, 9.17) is 36.0 Å². The van der Waals surface area contributed by atoms with Crippen LogP contribution in [-0.4, -0.2) is 15.1 Å². The van der Waals surface area contributed by atoms with E-state index in [0.29, 0.717) is 15.8 Å². The van der Waals surface area contributed by atoms with Crippen LogP contribution in [0.5, 0.6) is 0 Å². The number of nitrogens with one attached hydrogen (secondary N) is 4. The van der Waals surface area contributed by atoms with Gasteiger partial charge in [-0.15, -0.1) is 0 Å². The van der Waals surface area contributed by atoms with Crippen molar-refractivity contribution < 1.29 is 4.92 Å². The molecule has 0 fully saturated rings. The number of rotatable bonds is 3. The minimum absolute atomic E-state index is 0.00546. The first-order chi connectivity index (χ1) is 11.4. The van der Waals surface area contributed by atoms with Gasteiger partial charge in [0.2, 0.25) is 0 Å². The molecule has 4 N–H and O–H groups in total. The maximum absolute atomic E-state index is 10.6. The molecule has 10 heteroatoms. The molecule has 0 unspecified atom stereocenters. The summed E-state index contributed by atoms with van der Waals surface area (Å²) in [4.78, 5) is 10.1. The molecule has 2 rings (SSSR count). The van der Waals surface area contributed by atoms with Gasteiger partial charge in [-0.25, -0.2) is 0 Å². The Morgan fingerprint density at radius 1 is 0.875 bits per heavy atom. The third kappa shape index (κ3) is 5.61. The second-order valence-electron chi connectivity index (χ2n) is 4.47. The van der Waals surface area contributed by atoms with Gasteiger partial charge in [0.25, 0.3) is 5.69 Å². The molecule has 0 aliphatic carbocycles. The van der Waals surface area contributed by atoms with Crippen molar-refractivity contribution in [1.82, 2.24) is 10.9 Å². The highest BCUT2D eigenvalue weighted by atomic mass is 35.5. The van der Waals surface area contributed by atoms with Crippen molar-refractivity contribution in [3.05, 3.63) is 63.7 Å². The number of hydrogen-bond donors (Lipinski definition) is 4. The Bertz CT molecular complexity index is 753. The number of non-ortho nitro benzene ring substituents is 1. The van der Waals surface area contributed by atoms with E-state index in [-0.39, 0.29) is 10.8 Å². The van der Waals surface area contributed by atoms with Crippen LogP contribution >= 0.6 is 36.0 Å². The van der Waals surface area contributed by atoms with Crippen LogP contribution in [0.2, 0.25) is 5.02 Å². The lowest BCUT2D eigenvalue weighted by Crippen LogP contribution is -2.45. The largest absolute Gasteiger partial charge is 0.331 e. The van der Waals surface area contributed by atoms with E-state index >= 15 is 0 Å². The Balaban J connectivity index is 1.78. The summed E-state index contributed by atoms with van der Waals surface area (Å²) < 4.78 is 0. The molecule has 7 nitrogen and oxygen atoms in total. The van der Waals surface area contributed by atoms with Crippen molar-refractivity contribution in [3.8, 4) is 0 Å². The maximum Gasteiger partial charge on any atom is 0.269 e. The quantitative estimate of drug-likeness (QED) is 0.365. The molecule has 0 aliphatic heterocycles. The van der Waals surface area contributed by atoms with Gasteiger partial charge < -0.3 is 10.6 Å². The molecule has 0 saturated heterocycles. The Kier molecular flexibility index (Phi) is 6.24. The number of hydrogen-bond acceptors (Lipinski definition) is 4. The number of anilines is 2. The molecule has 124 valence electrons. The number of nitro benzene ring substituents is 1. The molecule has 0 heterocycles. The smallest absolute Gasteiger partial charge is 0.269 e. The van der Waals surface area contributed by atoms with Gasteiger partial charge in [0.15, 0.2) is 10.2 Å². The second kappa shape index (κ2) is 8.39. The van der Waals surface area contributed by atoms with E-state index in [2.05, 4.69) is 21.5 Å². The summed E-state index contributed by atoms with van der Waals surface area (Å²) >= 11 is 16.0. The average molecular weight is 382 g/mol. The van der Waals surface area contributed by atoms with Crippen LogP contribution in [-0.2, 0) is 0 Å². The molecular formula is C14H12ClN5O2S2. The lowest BCUT2D eigenvalue weighted by molar-refractivity contribution is -0.384. The summed E-state index contributed by atoms with van der Waals surface area (Å²) in [6.07, 6.45) is 0. The summed E-state index contributed by atoms with van der Waals surface area (Å²) in [6.45, 7) is 0. The second-order valence-corrected chi connectivity index (χ2v) is 5.72. The van der Waals surface area contributed by atoms with E-state index < -0.39 is 4.92 Å². The fraction of sp³-hybridized carbons (Fsp3) is 0. The molecule has 0 aromatic heterocycles. The van der Waals surface area contributed by atoms with Crippen molar-refractivity contribution in [2.24, 2.45) is 0 Å². The highest BCUT2D eigenvalue weighted by molar-refractivity contribution is 7.81. The number of hydrazine groups is 1. The van der Waals surface area contributed by atoms with Crippen molar-refractivity contribution >= 4 is 63.3 Å². The Labute approximate surface area is 153 Å². The van der Waals surface area contributed by atoms with Crippen molar-refractivity contribution in [3.63, 3.8) is 0 Å². The molecule has 0 atom stereocenters. The molecule has 0 aliphatic rings. The topological polar surface area (TPSA) is 91.3 Å². The van der Waals surface area contributed by atoms with Gasteiger partial charge in [-0.1, -0.05) is 11.6 Å².